The Hall–Kier alpha value is -0.480. The molecule has 1 aromatic rings. The smallest absolute Gasteiger partial charge is 0.161 e. The van der Waals surface area contributed by atoms with Gasteiger partial charge in [-0.25, -0.2) is 0 Å². The van der Waals surface area contributed by atoms with E-state index in [9.17, 15) is 4.79 Å². The van der Waals surface area contributed by atoms with Crippen molar-refractivity contribution in [3.63, 3.8) is 0 Å². The van der Waals surface area contributed by atoms with Crippen LogP contribution in [-0.4, -0.2) is 29.4 Å². The van der Waals surface area contributed by atoms with Crippen LogP contribution in [0.3, 0.4) is 0 Å². The second kappa shape index (κ2) is 5.66. The van der Waals surface area contributed by atoms with Crippen LogP contribution in [0.2, 0.25) is 0 Å². The van der Waals surface area contributed by atoms with Gasteiger partial charge in [-0.05, 0) is 32.0 Å². The van der Waals surface area contributed by atoms with Crippen LogP contribution in [0.15, 0.2) is 22.7 Å². The van der Waals surface area contributed by atoms with Gasteiger partial charge in [-0.1, -0.05) is 22.9 Å². The van der Waals surface area contributed by atoms with Gasteiger partial charge in [0.05, 0.1) is 0 Å². The van der Waals surface area contributed by atoms with Crippen LogP contribution >= 0.6 is 27.7 Å². The molecule has 98 valence electrons. The molecule has 0 saturated carbocycles. The lowest BCUT2D eigenvalue weighted by molar-refractivity contribution is 0.101. The number of anilines is 1. The maximum atomic E-state index is 11.8. The molecule has 1 aliphatic heterocycles. The van der Waals surface area contributed by atoms with E-state index in [1.807, 2.05) is 23.9 Å². The molecule has 0 N–H and O–H groups in total. The molecule has 0 aromatic heterocycles. The molecule has 18 heavy (non-hydrogen) atoms. The zero-order valence-electron chi connectivity index (χ0n) is 10.9. The van der Waals surface area contributed by atoms with Gasteiger partial charge in [-0.2, -0.15) is 11.8 Å². The molecule has 1 heterocycles. The van der Waals surface area contributed by atoms with Gasteiger partial charge >= 0.3 is 0 Å². The van der Waals surface area contributed by atoms with E-state index < -0.39 is 0 Å². The third-order valence-electron chi connectivity index (χ3n) is 3.53. The molecule has 1 saturated heterocycles. The van der Waals surface area contributed by atoms with Gasteiger partial charge < -0.3 is 4.90 Å². The van der Waals surface area contributed by atoms with Crippen LogP contribution in [0.1, 0.15) is 31.1 Å². The summed E-state index contributed by atoms with van der Waals surface area (Å²) >= 11 is 5.51. The number of carbonyl (C=O) groups is 1. The number of ketones is 1. The number of thioether (sulfide) groups is 1. The van der Waals surface area contributed by atoms with Crippen LogP contribution in [0, 0.1) is 0 Å². The fourth-order valence-corrected chi connectivity index (χ4v) is 3.76. The van der Waals surface area contributed by atoms with Crippen molar-refractivity contribution in [3.05, 3.63) is 28.2 Å². The third kappa shape index (κ3) is 2.75. The van der Waals surface area contributed by atoms with Crippen molar-refractivity contribution >= 4 is 39.2 Å². The van der Waals surface area contributed by atoms with Gasteiger partial charge in [0.1, 0.15) is 0 Å². The van der Waals surface area contributed by atoms with Crippen LogP contribution < -0.4 is 4.90 Å². The Kier molecular flexibility index (Phi) is 4.38. The van der Waals surface area contributed by atoms with Gasteiger partial charge in [0, 0.05) is 39.3 Å². The van der Waals surface area contributed by atoms with Crippen molar-refractivity contribution in [1.29, 1.82) is 0 Å². The summed E-state index contributed by atoms with van der Waals surface area (Å²) in [6.07, 6.45) is 0. The van der Waals surface area contributed by atoms with E-state index in [4.69, 9.17) is 0 Å². The molecule has 1 aromatic carbocycles. The SMILES string of the molecule is CC(=O)c1ccc(Br)cc1N1CCSC(C)C1C. The van der Waals surface area contributed by atoms with Crippen LogP contribution in [0.4, 0.5) is 5.69 Å². The Bertz CT molecular complexity index is 463. The first-order valence-corrected chi connectivity index (χ1v) is 8.03. The molecule has 0 aliphatic carbocycles. The third-order valence-corrected chi connectivity index (χ3v) is 5.36. The molecule has 2 unspecified atom stereocenters. The highest BCUT2D eigenvalue weighted by Crippen LogP contribution is 2.33. The summed E-state index contributed by atoms with van der Waals surface area (Å²) in [4.78, 5) is 14.1. The predicted octanol–water partition coefficient (Wildman–Crippen LogP) is 3.98. The monoisotopic (exact) mass is 327 g/mol. The molecule has 0 amide bonds. The lowest BCUT2D eigenvalue weighted by Crippen LogP contribution is -2.45. The standard InChI is InChI=1S/C14H18BrNOS/c1-9-11(3)18-7-6-16(9)14-8-12(15)4-5-13(14)10(2)17/h4-5,8-9,11H,6-7H2,1-3H3. The number of nitrogens with zero attached hydrogens (tertiary/aromatic N) is 1. The normalized spacial score (nSPS) is 24.1. The zero-order valence-corrected chi connectivity index (χ0v) is 13.3. The number of halogens is 1. The van der Waals surface area contributed by atoms with Crippen LogP contribution in [-0.2, 0) is 0 Å². The molecule has 2 atom stereocenters. The Morgan fingerprint density at radius 2 is 2.17 bits per heavy atom. The van der Waals surface area contributed by atoms with E-state index in [-0.39, 0.29) is 5.78 Å². The number of rotatable bonds is 2. The second-order valence-corrected chi connectivity index (χ2v) is 7.13. The zero-order chi connectivity index (χ0) is 13.3. The van der Waals surface area contributed by atoms with Gasteiger partial charge in [-0.15, -0.1) is 0 Å². The Labute approximate surface area is 121 Å². The maximum absolute atomic E-state index is 11.8. The van der Waals surface area contributed by atoms with E-state index in [2.05, 4.69) is 40.7 Å². The Morgan fingerprint density at radius 3 is 2.83 bits per heavy atom. The molecular formula is C14H18BrNOS. The fraction of sp³-hybridized carbons (Fsp3) is 0.500. The Balaban J connectivity index is 2.42. The second-order valence-electron chi connectivity index (χ2n) is 4.73. The molecule has 2 nitrogen and oxygen atoms in total. The first kappa shape index (κ1) is 13.9. The van der Waals surface area contributed by atoms with E-state index >= 15 is 0 Å². The van der Waals surface area contributed by atoms with E-state index in [0.29, 0.717) is 11.3 Å². The lowest BCUT2D eigenvalue weighted by atomic mass is 10.1. The van der Waals surface area contributed by atoms with E-state index in [1.54, 1.807) is 6.92 Å². The van der Waals surface area contributed by atoms with Crippen molar-refractivity contribution in [2.24, 2.45) is 0 Å². The summed E-state index contributed by atoms with van der Waals surface area (Å²) in [6.45, 7) is 7.14. The van der Waals surface area contributed by atoms with Gasteiger partial charge in [0.25, 0.3) is 0 Å². The largest absolute Gasteiger partial charge is 0.366 e. The Morgan fingerprint density at radius 1 is 1.44 bits per heavy atom. The lowest BCUT2D eigenvalue weighted by Gasteiger charge is -2.40. The van der Waals surface area contributed by atoms with Crippen LogP contribution in [0.5, 0.6) is 0 Å². The number of benzene rings is 1. The summed E-state index contributed by atoms with van der Waals surface area (Å²) < 4.78 is 1.03. The summed E-state index contributed by atoms with van der Waals surface area (Å²) in [6, 6.07) is 6.38. The molecule has 2 rings (SSSR count). The average molecular weight is 328 g/mol. The van der Waals surface area contributed by atoms with Gasteiger partial charge in [0.2, 0.25) is 0 Å². The maximum Gasteiger partial charge on any atom is 0.161 e. The van der Waals surface area contributed by atoms with E-state index in [1.165, 1.54) is 0 Å². The first-order valence-electron chi connectivity index (χ1n) is 6.19. The van der Waals surface area contributed by atoms with Crippen molar-refractivity contribution in [3.8, 4) is 0 Å². The minimum Gasteiger partial charge on any atom is -0.366 e. The molecule has 4 heteroatoms. The van der Waals surface area contributed by atoms with Crippen molar-refractivity contribution in [2.45, 2.75) is 32.1 Å². The van der Waals surface area contributed by atoms with E-state index in [0.717, 1.165) is 28.0 Å². The summed E-state index contributed by atoms with van der Waals surface area (Å²) in [5.41, 5.74) is 1.89. The number of carbonyl (C=O) groups excluding carboxylic acids is 1. The van der Waals surface area contributed by atoms with Crippen molar-refractivity contribution in [1.82, 2.24) is 0 Å². The molecular weight excluding hydrogens is 310 g/mol. The highest BCUT2D eigenvalue weighted by atomic mass is 79.9. The number of Topliss-reactive ketones (excluding diaryl/α,β-unsaturated/α-hetero) is 1. The fourth-order valence-electron chi connectivity index (χ4n) is 2.31. The highest BCUT2D eigenvalue weighted by Gasteiger charge is 2.27. The van der Waals surface area contributed by atoms with Gasteiger partial charge in [0.15, 0.2) is 5.78 Å². The number of hydrogen-bond acceptors (Lipinski definition) is 3. The molecule has 0 spiro atoms. The van der Waals surface area contributed by atoms with Gasteiger partial charge in [-0.3, -0.25) is 4.79 Å². The molecule has 0 bridgehead atoms. The molecule has 1 fully saturated rings. The van der Waals surface area contributed by atoms with Crippen molar-refractivity contribution < 1.29 is 4.79 Å². The topological polar surface area (TPSA) is 20.3 Å². The average Bonchev–Trinajstić information content (AvgIpc) is 2.32. The summed E-state index contributed by atoms with van der Waals surface area (Å²) in [5, 5.41) is 0.595. The minimum absolute atomic E-state index is 0.135. The minimum atomic E-state index is 0.135. The quantitative estimate of drug-likeness (QED) is 0.766. The summed E-state index contributed by atoms with van der Waals surface area (Å²) in [5.74, 6) is 1.26. The predicted molar refractivity (Wildman–Crippen MR) is 82.9 cm³/mol. The molecule has 1 aliphatic rings. The first-order chi connectivity index (χ1) is 8.50. The number of hydrogen-bond donors (Lipinski definition) is 0. The highest BCUT2D eigenvalue weighted by molar-refractivity contribution is 9.10. The van der Waals surface area contributed by atoms with Crippen LogP contribution in [0.25, 0.3) is 0 Å². The van der Waals surface area contributed by atoms with Crippen molar-refractivity contribution in [2.75, 3.05) is 17.2 Å². The summed E-state index contributed by atoms with van der Waals surface area (Å²) in [7, 11) is 0. The molecule has 0 radical (unpaired) electrons.